The summed E-state index contributed by atoms with van der Waals surface area (Å²) in [6.07, 6.45) is 6.13. The van der Waals surface area contributed by atoms with Gasteiger partial charge in [0, 0.05) is 24.5 Å². The fraction of sp³-hybridized carbons (Fsp3) is 0.875. The molecule has 2 heterocycles. The second kappa shape index (κ2) is 7.25. The summed E-state index contributed by atoms with van der Waals surface area (Å²) in [4.78, 5) is 24.0. The standard InChI is InChI=1S/C16H29N3O2/c1-4-10(2)17-16(21)11(3)18-15(20)9-12-7-13-5-6-14(8-12)19-13/h10-14,19H,4-9H2,1-3H3,(H,17,21)(H,18,20). The minimum absolute atomic E-state index is 0.00750. The second-order valence-electron chi connectivity index (χ2n) is 6.79. The van der Waals surface area contributed by atoms with Gasteiger partial charge in [-0.25, -0.2) is 0 Å². The van der Waals surface area contributed by atoms with Crippen LogP contribution in [0.1, 0.15) is 59.3 Å². The molecular formula is C16H29N3O2. The lowest BCUT2D eigenvalue weighted by atomic mass is 9.89. The molecule has 4 atom stereocenters. The van der Waals surface area contributed by atoms with Crippen LogP contribution in [0.15, 0.2) is 0 Å². The maximum atomic E-state index is 12.1. The molecule has 21 heavy (non-hydrogen) atoms. The molecule has 0 radical (unpaired) electrons. The predicted molar refractivity (Wildman–Crippen MR) is 82.8 cm³/mol. The van der Waals surface area contributed by atoms with Crippen molar-refractivity contribution in [2.24, 2.45) is 5.92 Å². The van der Waals surface area contributed by atoms with Crippen LogP contribution < -0.4 is 16.0 Å². The van der Waals surface area contributed by atoms with Crippen LogP contribution >= 0.6 is 0 Å². The van der Waals surface area contributed by atoms with E-state index in [4.69, 9.17) is 0 Å². The third-order valence-corrected chi connectivity index (χ3v) is 4.82. The van der Waals surface area contributed by atoms with Gasteiger partial charge in [0.05, 0.1) is 0 Å². The Labute approximate surface area is 127 Å². The van der Waals surface area contributed by atoms with Crippen molar-refractivity contribution >= 4 is 11.8 Å². The Kier molecular flexibility index (Phi) is 5.62. The number of carbonyl (C=O) groups excluding carboxylic acids is 2. The van der Waals surface area contributed by atoms with Crippen molar-refractivity contribution in [3.63, 3.8) is 0 Å². The molecule has 120 valence electrons. The van der Waals surface area contributed by atoms with Gasteiger partial charge in [-0.2, -0.15) is 0 Å². The Morgan fingerprint density at radius 1 is 1.14 bits per heavy atom. The zero-order valence-electron chi connectivity index (χ0n) is 13.4. The largest absolute Gasteiger partial charge is 0.352 e. The van der Waals surface area contributed by atoms with E-state index in [0.29, 0.717) is 24.4 Å². The van der Waals surface area contributed by atoms with Gasteiger partial charge in [0.1, 0.15) is 6.04 Å². The summed E-state index contributed by atoms with van der Waals surface area (Å²) in [5, 5.41) is 9.32. The van der Waals surface area contributed by atoms with E-state index < -0.39 is 6.04 Å². The van der Waals surface area contributed by atoms with Gasteiger partial charge in [0.25, 0.3) is 0 Å². The normalized spacial score (nSPS) is 30.5. The third kappa shape index (κ3) is 4.70. The van der Waals surface area contributed by atoms with E-state index in [9.17, 15) is 9.59 Å². The van der Waals surface area contributed by atoms with Gasteiger partial charge in [0.15, 0.2) is 0 Å². The predicted octanol–water partition coefficient (Wildman–Crippen LogP) is 1.33. The Hall–Kier alpha value is -1.10. The first kappa shape index (κ1) is 16.3. The van der Waals surface area contributed by atoms with E-state index in [1.54, 1.807) is 6.92 Å². The molecule has 2 fully saturated rings. The van der Waals surface area contributed by atoms with Gasteiger partial charge >= 0.3 is 0 Å². The molecule has 0 aromatic rings. The van der Waals surface area contributed by atoms with Crippen molar-refractivity contribution in [2.45, 2.75) is 83.5 Å². The molecule has 3 N–H and O–H groups in total. The number of fused-ring (bicyclic) bond motifs is 2. The third-order valence-electron chi connectivity index (χ3n) is 4.82. The van der Waals surface area contributed by atoms with Crippen molar-refractivity contribution in [2.75, 3.05) is 0 Å². The molecule has 0 aromatic heterocycles. The summed E-state index contributed by atoms with van der Waals surface area (Å²) in [6.45, 7) is 5.75. The molecule has 5 nitrogen and oxygen atoms in total. The molecule has 0 spiro atoms. The molecule has 2 saturated heterocycles. The van der Waals surface area contributed by atoms with E-state index in [1.165, 1.54) is 12.8 Å². The molecule has 0 saturated carbocycles. The van der Waals surface area contributed by atoms with Crippen LogP contribution in [-0.2, 0) is 9.59 Å². The minimum Gasteiger partial charge on any atom is -0.352 e. The summed E-state index contributed by atoms with van der Waals surface area (Å²) in [5.74, 6) is 0.379. The smallest absolute Gasteiger partial charge is 0.242 e. The zero-order valence-corrected chi connectivity index (χ0v) is 13.4. The highest BCUT2D eigenvalue weighted by molar-refractivity contribution is 5.87. The molecular weight excluding hydrogens is 266 g/mol. The maximum absolute atomic E-state index is 12.1. The first-order chi connectivity index (χ1) is 9.97. The van der Waals surface area contributed by atoms with Crippen LogP contribution in [0.4, 0.5) is 0 Å². The number of carbonyl (C=O) groups is 2. The Morgan fingerprint density at radius 3 is 2.33 bits per heavy atom. The van der Waals surface area contributed by atoms with Crippen molar-refractivity contribution in [1.82, 2.24) is 16.0 Å². The van der Waals surface area contributed by atoms with Gasteiger partial charge < -0.3 is 16.0 Å². The number of amides is 2. The average molecular weight is 295 g/mol. The average Bonchev–Trinajstić information content (AvgIpc) is 2.77. The van der Waals surface area contributed by atoms with Gasteiger partial charge in [-0.1, -0.05) is 6.92 Å². The lowest BCUT2D eigenvalue weighted by Crippen LogP contribution is -2.48. The summed E-state index contributed by atoms with van der Waals surface area (Å²) in [7, 11) is 0. The minimum atomic E-state index is -0.454. The van der Waals surface area contributed by atoms with E-state index in [2.05, 4.69) is 16.0 Å². The highest BCUT2D eigenvalue weighted by Crippen LogP contribution is 2.32. The number of nitrogens with one attached hydrogen (secondary N) is 3. The van der Waals surface area contributed by atoms with E-state index in [1.807, 2.05) is 13.8 Å². The summed E-state index contributed by atoms with van der Waals surface area (Å²) in [6, 6.07) is 0.905. The molecule has 2 amide bonds. The number of rotatable bonds is 6. The molecule has 2 bridgehead atoms. The zero-order chi connectivity index (χ0) is 15.4. The fourth-order valence-corrected chi connectivity index (χ4v) is 3.44. The lowest BCUT2D eigenvalue weighted by Gasteiger charge is -2.29. The van der Waals surface area contributed by atoms with Crippen LogP contribution in [0.25, 0.3) is 0 Å². The van der Waals surface area contributed by atoms with Gasteiger partial charge in [-0.05, 0) is 51.9 Å². The summed E-state index contributed by atoms with van der Waals surface area (Å²) in [5.41, 5.74) is 0. The molecule has 5 heteroatoms. The van der Waals surface area contributed by atoms with E-state index in [-0.39, 0.29) is 17.9 Å². The first-order valence-corrected chi connectivity index (χ1v) is 8.33. The maximum Gasteiger partial charge on any atom is 0.242 e. The van der Waals surface area contributed by atoms with Gasteiger partial charge in [-0.15, -0.1) is 0 Å². The molecule has 0 aromatic carbocycles. The van der Waals surface area contributed by atoms with Crippen molar-refractivity contribution in [1.29, 1.82) is 0 Å². The SMILES string of the molecule is CCC(C)NC(=O)C(C)NC(=O)CC1CC2CCC(C1)N2. The number of piperidine rings is 1. The van der Waals surface area contributed by atoms with E-state index in [0.717, 1.165) is 19.3 Å². The van der Waals surface area contributed by atoms with Crippen molar-refractivity contribution < 1.29 is 9.59 Å². The molecule has 0 aliphatic carbocycles. The van der Waals surface area contributed by atoms with Crippen molar-refractivity contribution in [3.05, 3.63) is 0 Å². The highest BCUT2D eigenvalue weighted by Gasteiger charge is 2.34. The van der Waals surface area contributed by atoms with Gasteiger partial charge in [-0.3, -0.25) is 9.59 Å². The Morgan fingerprint density at radius 2 is 1.76 bits per heavy atom. The summed E-state index contributed by atoms with van der Waals surface area (Å²) < 4.78 is 0. The van der Waals surface area contributed by atoms with Gasteiger partial charge in [0.2, 0.25) is 11.8 Å². The Bertz CT molecular complexity index is 374. The van der Waals surface area contributed by atoms with Crippen LogP contribution in [0, 0.1) is 5.92 Å². The summed E-state index contributed by atoms with van der Waals surface area (Å²) >= 11 is 0. The van der Waals surface area contributed by atoms with Crippen LogP contribution in [-0.4, -0.2) is 36.0 Å². The van der Waals surface area contributed by atoms with Crippen molar-refractivity contribution in [3.8, 4) is 0 Å². The van der Waals surface area contributed by atoms with Crippen LogP contribution in [0.2, 0.25) is 0 Å². The van der Waals surface area contributed by atoms with E-state index >= 15 is 0 Å². The number of hydrogen-bond acceptors (Lipinski definition) is 3. The highest BCUT2D eigenvalue weighted by atomic mass is 16.2. The molecule has 2 rings (SSSR count). The molecule has 4 unspecified atom stereocenters. The Balaban J connectivity index is 1.72. The topological polar surface area (TPSA) is 70.2 Å². The molecule has 2 aliphatic rings. The number of hydrogen-bond donors (Lipinski definition) is 3. The second-order valence-corrected chi connectivity index (χ2v) is 6.79. The fourth-order valence-electron chi connectivity index (χ4n) is 3.44. The molecule has 2 aliphatic heterocycles. The van der Waals surface area contributed by atoms with Crippen LogP contribution in [0.3, 0.4) is 0 Å². The first-order valence-electron chi connectivity index (χ1n) is 8.33. The quantitative estimate of drug-likeness (QED) is 0.692. The monoisotopic (exact) mass is 295 g/mol. The lowest BCUT2D eigenvalue weighted by molar-refractivity contribution is -0.129. The van der Waals surface area contributed by atoms with Crippen LogP contribution in [0.5, 0.6) is 0 Å².